The predicted molar refractivity (Wildman–Crippen MR) is 89.5 cm³/mol. The van der Waals surface area contributed by atoms with E-state index in [1.807, 2.05) is 23.9 Å². The van der Waals surface area contributed by atoms with Gasteiger partial charge in [0, 0.05) is 22.9 Å². The van der Waals surface area contributed by atoms with E-state index < -0.39 is 5.63 Å². The summed E-state index contributed by atoms with van der Waals surface area (Å²) in [4.78, 5) is 24.0. The molecule has 4 nitrogen and oxygen atoms in total. The van der Waals surface area contributed by atoms with Crippen LogP contribution in [-0.2, 0) is 0 Å². The Bertz CT molecular complexity index is 719. The SMILES string of the molecule is O=C(NCCSC1CCCC1)c1cc2ccccc2oc1=O. The topological polar surface area (TPSA) is 59.3 Å². The van der Waals surface area contributed by atoms with Gasteiger partial charge in [-0.3, -0.25) is 4.79 Å². The van der Waals surface area contributed by atoms with Crippen molar-refractivity contribution >= 4 is 28.6 Å². The number of benzene rings is 1. The Kier molecular flexibility index (Phi) is 4.83. The number of hydrogen-bond acceptors (Lipinski definition) is 4. The molecular weight excluding hydrogens is 298 g/mol. The lowest BCUT2D eigenvalue weighted by Crippen LogP contribution is -2.30. The molecular formula is C17H19NO3S. The van der Waals surface area contributed by atoms with Gasteiger partial charge in [-0.25, -0.2) is 4.79 Å². The fourth-order valence-electron chi connectivity index (χ4n) is 2.76. The summed E-state index contributed by atoms with van der Waals surface area (Å²) in [5.41, 5.74) is -0.00921. The summed E-state index contributed by atoms with van der Waals surface area (Å²) in [5.74, 6) is 0.529. The molecule has 1 aliphatic rings. The molecule has 5 heteroatoms. The minimum absolute atomic E-state index is 0.0737. The van der Waals surface area contributed by atoms with Crippen LogP contribution in [-0.4, -0.2) is 23.5 Å². The standard InChI is InChI=1S/C17H19NO3S/c19-16(18-9-10-22-13-6-2-3-7-13)14-11-12-5-1-4-8-15(12)21-17(14)20/h1,4-5,8,11,13H,2-3,6-7,9-10H2,(H,18,19). The molecule has 2 aromatic rings. The van der Waals surface area contributed by atoms with Gasteiger partial charge in [-0.15, -0.1) is 0 Å². The summed E-state index contributed by atoms with van der Waals surface area (Å²) in [6.07, 6.45) is 5.21. The van der Waals surface area contributed by atoms with Gasteiger partial charge in [-0.05, 0) is 25.0 Å². The van der Waals surface area contributed by atoms with Crippen molar-refractivity contribution in [3.63, 3.8) is 0 Å². The molecule has 0 bridgehead atoms. The van der Waals surface area contributed by atoms with Crippen molar-refractivity contribution in [2.45, 2.75) is 30.9 Å². The molecule has 1 amide bonds. The van der Waals surface area contributed by atoms with Crippen LogP contribution in [0.15, 0.2) is 39.5 Å². The average molecular weight is 317 g/mol. The Balaban J connectivity index is 1.59. The lowest BCUT2D eigenvalue weighted by Gasteiger charge is -2.09. The zero-order chi connectivity index (χ0) is 15.4. The molecule has 1 aromatic carbocycles. The smallest absolute Gasteiger partial charge is 0.349 e. The van der Waals surface area contributed by atoms with Crippen LogP contribution in [0, 0.1) is 0 Å². The second-order valence-electron chi connectivity index (χ2n) is 5.52. The van der Waals surface area contributed by atoms with Crippen molar-refractivity contribution in [3.8, 4) is 0 Å². The van der Waals surface area contributed by atoms with Crippen LogP contribution in [0.1, 0.15) is 36.0 Å². The van der Waals surface area contributed by atoms with Gasteiger partial charge < -0.3 is 9.73 Å². The number of para-hydroxylation sites is 1. The molecule has 1 saturated carbocycles. The molecule has 0 radical (unpaired) electrons. The largest absolute Gasteiger partial charge is 0.422 e. The monoisotopic (exact) mass is 317 g/mol. The maximum absolute atomic E-state index is 12.1. The van der Waals surface area contributed by atoms with Crippen molar-refractivity contribution in [1.82, 2.24) is 5.32 Å². The molecule has 3 rings (SSSR count). The number of amides is 1. The van der Waals surface area contributed by atoms with Gasteiger partial charge in [0.1, 0.15) is 11.1 Å². The van der Waals surface area contributed by atoms with Crippen LogP contribution in [0.5, 0.6) is 0 Å². The van der Waals surface area contributed by atoms with E-state index in [0.717, 1.165) is 16.4 Å². The number of rotatable bonds is 5. The molecule has 1 N–H and O–H groups in total. The zero-order valence-electron chi connectivity index (χ0n) is 12.3. The van der Waals surface area contributed by atoms with E-state index in [1.54, 1.807) is 18.2 Å². The molecule has 1 aromatic heterocycles. The minimum Gasteiger partial charge on any atom is -0.422 e. The highest BCUT2D eigenvalue weighted by Gasteiger charge is 2.16. The predicted octanol–water partition coefficient (Wildman–Crippen LogP) is 3.20. The van der Waals surface area contributed by atoms with E-state index in [9.17, 15) is 9.59 Å². The van der Waals surface area contributed by atoms with Crippen LogP contribution in [0.2, 0.25) is 0 Å². The highest BCUT2D eigenvalue weighted by molar-refractivity contribution is 7.99. The highest BCUT2D eigenvalue weighted by atomic mass is 32.2. The average Bonchev–Trinajstić information content (AvgIpc) is 3.04. The second-order valence-corrected chi connectivity index (χ2v) is 6.93. The molecule has 0 atom stereocenters. The first-order chi connectivity index (χ1) is 10.7. The van der Waals surface area contributed by atoms with Gasteiger partial charge in [0.25, 0.3) is 5.91 Å². The highest BCUT2D eigenvalue weighted by Crippen LogP contribution is 2.28. The summed E-state index contributed by atoms with van der Waals surface area (Å²) in [6.45, 7) is 0.576. The summed E-state index contributed by atoms with van der Waals surface area (Å²) < 4.78 is 5.18. The van der Waals surface area contributed by atoms with Gasteiger partial charge in [0.15, 0.2) is 0 Å². The van der Waals surface area contributed by atoms with Crippen molar-refractivity contribution in [3.05, 3.63) is 46.3 Å². The van der Waals surface area contributed by atoms with E-state index in [-0.39, 0.29) is 11.5 Å². The molecule has 1 fully saturated rings. The fourth-order valence-corrected chi connectivity index (χ4v) is 3.98. The Morgan fingerprint density at radius 2 is 2.05 bits per heavy atom. The summed E-state index contributed by atoms with van der Waals surface area (Å²) >= 11 is 1.91. The normalized spacial score (nSPS) is 15.3. The number of hydrogen-bond donors (Lipinski definition) is 1. The van der Waals surface area contributed by atoms with E-state index in [2.05, 4.69) is 5.32 Å². The Morgan fingerprint density at radius 3 is 2.86 bits per heavy atom. The van der Waals surface area contributed by atoms with E-state index >= 15 is 0 Å². The van der Waals surface area contributed by atoms with E-state index in [1.165, 1.54) is 25.7 Å². The molecule has 0 spiro atoms. The Morgan fingerprint density at radius 1 is 1.27 bits per heavy atom. The van der Waals surface area contributed by atoms with Gasteiger partial charge in [-0.1, -0.05) is 31.0 Å². The molecule has 0 saturated heterocycles. The van der Waals surface area contributed by atoms with Crippen molar-refractivity contribution in [1.29, 1.82) is 0 Å². The quantitative estimate of drug-likeness (QED) is 0.679. The van der Waals surface area contributed by atoms with Crippen molar-refractivity contribution in [2.24, 2.45) is 0 Å². The Labute approximate surface area is 133 Å². The number of carbonyl (C=O) groups is 1. The number of nitrogens with one attached hydrogen (secondary N) is 1. The maximum Gasteiger partial charge on any atom is 0.349 e. The van der Waals surface area contributed by atoms with E-state index in [4.69, 9.17) is 4.42 Å². The number of carbonyl (C=O) groups excluding carboxylic acids is 1. The lowest BCUT2D eigenvalue weighted by atomic mass is 10.2. The first-order valence-electron chi connectivity index (χ1n) is 7.67. The zero-order valence-corrected chi connectivity index (χ0v) is 13.2. The third-order valence-corrected chi connectivity index (χ3v) is 5.31. The Hall–Kier alpha value is -1.75. The van der Waals surface area contributed by atoms with Crippen LogP contribution in [0.25, 0.3) is 11.0 Å². The summed E-state index contributed by atoms with van der Waals surface area (Å²) in [7, 11) is 0. The van der Waals surface area contributed by atoms with Crippen LogP contribution in [0.4, 0.5) is 0 Å². The maximum atomic E-state index is 12.1. The second kappa shape index (κ2) is 7.01. The molecule has 0 unspecified atom stereocenters. The molecule has 1 aliphatic carbocycles. The third-order valence-electron chi connectivity index (χ3n) is 3.93. The first-order valence-corrected chi connectivity index (χ1v) is 8.71. The first kappa shape index (κ1) is 15.2. The van der Waals surface area contributed by atoms with Crippen LogP contribution >= 0.6 is 11.8 Å². The number of thioether (sulfide) groups is 1. The molecule has 0 aliphatic heterocycles. The van der Waals surface area contributed by atoms with Crippen LogP contribution < -0.4 is 10.9 Å². The summed E-state index contributed by atoms with van der Waals surface area (Å²) in [6, 6.07) is 8.79. The number of fused-ring (bicyclic) bond motifs is 1. The van der Waals surface area contributed by atoms with Crippen molar-refractivity contribution in [2.75, 3.05) is 12.3 Å². The van der Waals surface area contributed by atoms with Crippen LogP contribution in [0.3, 0.4) is 0 Å². The van der Waals surface area contributed by atoms with Crippen molar-refractivity contribution < 1.29 is 9.21 Å². The minimum atomic E-state index is -0.584. The van der Waals surface area contributed by atoms with Gasteiger partial charge in [0.05, 0.1) is 0 Å². The molecule has 22 heavy (non-hydrogen) atoms. The lowest BCUT2D eigenvalue weighted by molar-refractivity contribution is 0.0952. The summed E-state index contributed by atoms with van der Waals surface area (Å²) in [5, 5.41) is 4.30. The van der Waals surface area contributed by atoms with Gasteiger partial charge in [0.2, 0.25) is 0 Å². The molecule has 116 valence electrons. The molecule has 1 heterocycles. The van der Waals surface area contributed by atoms with Gasteiger partial charge in [-0.2, -0.15) is 11.8 Å². The fraction of sp³-hybridized carbons (Fsp3) is 0.412. The third kappa shape index (κ3) is 3.53. The van der Waals surface area contributed by atoms with E-state index in [0.29, 0.717) is 12.1 Å². The van der Waals surface area contributed by atoms with Gasteiger partial charge >= 0.3 is 5.63 Å².